The molecule has 110 valence electrons. The first-order valence-corrected chi connectivity index (χ1v) is 7.92. The monoisotopic (exact) mass is 265 g/mol. The van der Waals surface area contributed by atoms with Crippen LogP contribution in [-0.4, -0.2) is 15.8 Å². The maximum absolute atomic E-state index is 4.48. The average Bonchev–Trinajstić information content (AvgIpc) is 2.76. The van der Waals surface area contributed by atoms with Gasteiger partial charge in [-0.1, -0.05) is 46.0 Å². The number of nitrogens with zero attached hydrogens (tertiary/aromatic N) is 2. The molecule has 1 heterocycles. The van der Waals surface area contributed by atoms with Crippen LogP contribution in [0.15, 0.2) is 6.20 Å². The summed E-state index contributed by atoms with van der Waals surface area (Å²) in [5, 5.41) is 8.10. The summed E-state index contributed by atoms with van der Waals surface area (Å²) in [5.41, 5.74) is 2.58. The smallest absolute Gasteiger partial charge is 0.0666 e. The minimum atomic E-state index is 0.603. The lowest BCUT2D eigenvalue weighted by molar-refractivity contribution is 0.479. The maximum atomic E-state index is 4.48. The van der Waals surface area contributed by atoms with Crippen LogP contribution in [0.25, 0.3) is 0 Å². The van der Waals surface area contributed by atoms with E-state index in [-0.39, 0.29) is 0 Å². The predicted molar refractivity (Wildman–Crippen MR) is 82.3 cm³/mol. The highest BCUT2D eigenvalue weighted by Crippen LogP contribution is 2.10. The van der Waals surface area contributed by atoms with Gasteiger partial charge in [0.2, 0.25) is 0 Å². The lowest BCUT2D eigenvalue weighted by atomic mass is 10.1. The van der Waals surface area contributed by atoms with Gasteiger partial charge in [-0.25, -0.2) is 0 Å². The Morgan fingerprint density at radius 2 is 1.95 bits per heavy atom. The van der Waals surface area contributed by atoms with Crippen LogP contribution in [0.1, 0.15) is 70.6 Å². The number of rotatable bonds is 10. The van der Waals surface area contributed by atoms with Crippen molar-refractivity contribution in [1.82, 2.24) is 15.1 Å². The number of unbranched alkanes of at least 4 members (excludes halogenated alkanes) is 4. The van der Waals surface area contributed by atoms with Crippen molar-refractivity contribution in [2.24, 2.45) is 7.05 Å². The molecule has 0 amide bonds. The van der Waals surface area contributed by atoms with E-state index in [1.807, 2.05) is 11.7 Å². The minimum Gasteiger partial charge on any atom is -0.310 e. The fourth-order valence-corrected chi connectivity index (χ4v) is 2.47. The highest BCUT2D eigenvalue weighted by atomic mass is 15.3. The van der Waals surface area contributed by atoms with Crippen LogP contribution >= 0.6 is 0 Å². The number of nitrogens with one attached hydrogen (secondary N) is 1. The summed E-state index contributed by atoms with van der Waals surface area (Å²) in [4.78, 5) is 0. The van der Waals surface area contributed by atoms with Gasteiger partial charge in [0.1, 0.15) is 0 Å². The molecule has 0 aliphatic rings. The zero-order valence-corrected chi connectivity index (χ0v) is 13.2. The molecular formula is C16H31N3. The first-order valence-electron chi connectivity index (χ1n) is 7.92. The molecule has 0 aliphatic heterocycles. The van der Waals surface area contributed by atoms with Gasteiger partial charge in [0, 0.05) is 31.4 Å². The van der Waals surface area contributed by atoms with Crippen molar-refractivity contribution >= 4 is 0 Å². The Bertz CT molecular complexity index is 344. The summed E-state index contributed by atoms with van der Waals surface area (Å²) in [6.07, 6.45) is 11.3. The Labute approximate surface area is 118 Å². The summed E-state index contributed by atoms with van der Waals surface area (Å²) >= 11 is 0. The van der Waals surface area contributed by atoms with Crippen LogP contribution < -0.4 is 5.32 Å². The van der Waals surface area contributed by atoms with Gasteiger partial charge in [-0.3, -0.25) is 4.68 Å². The van der Waals surface area contributed by atoms with Gasteiger partial charge in [-0.15, -0.1) is 0 Å². The maximum Gasteiger partial charge on any atom is 0.0666 e. The fourth-order valence-electron chi connectivity index (χ4n) is 2.47. The van der Waals surface area contributed by atoms with Crippen LogP contribution in [0.3, 0.4) is 0 Å². The lowest BCUT2D eigenvalue weighted by Gasteiger charge is -2.13. The molecule has 0 fully saturated rings. The van der Waals surface area contributed by atoms with Crippen molar-refractivity contribution in [2.75, 3.05) is 0 Å². The van der Waals surface area contributed by atoms with Gasteiger partial charge >= 0.3 is 0 Å². The molecule has 1 unspecified atom stereocenters. The van der Waals surface area contributed by atoms with E-state index < -0.39 is 0 Å². The molecule has 0 spiro atoms. The van der Waals surface area contributed by atoms with E-state index in [1.54, 1.807) is 0 Å². The molecule has 0 saturated carbocycles. The van der Waals surface area contributed by atoms with E-state index in [4.69, 9.17) is 0 Å². The third-order valence-corrected chi connectivity index (χ3v) is 3.71. The van der Waals surface area contributed by atoms with Crippen molar-refractivity contribution in [1.29, 1.82) is 0 Å². The van der Waals surface area contributed by atoms with Crippen LogP contribution in [0, 0.1) is 0 Å². The Hall–Kier alpha value is -0.830. The molecule has 0 aromatic carbocycles. The predicted octanol–water partition coefficient (Wildman–Crippen LogP) is 3.82. The molecule has 1 aromatic rings. The van der Waals surface area contributed by atoms with Gasteiger partial charge in [-0.05, 0) is 19.8 Å². The normalized spacial score (nSPS) is 12.8. The SMILES string of the molecule is CCCCCCCC(C)NCc1cn(C)nc1CC. The number of hydrogen-bond acceptors (Lipinski definition) is 2. The zero-order valence-electron chi connectivity index (χ0n) is 13.2. The average molecular weight is 265 g/mol. The van der Waals surface area contributed by atoms with Crippen LogP contribution in [0.4, 0.5) is 0 Å². The Balaban J connectivity index is 2.20. The first-order chi connectivity index (χ1) is 9.17. The Kier molecular flexibility index (Phi) is 7.80. The lowest BCUT2D eigenvalue weighted by Crippen LogP contribution is -2.25. The fraction of sp³-hybridized carbons (Fsp3) is 0.812. The van der Waals surface area contributed by atoms with E-state index in [9.17, 15) is 0 Å². The second kappa shape index (κ2) is 9.13. The van der Waals surface area contributed by atoms with E-state index in [1.165, 1.54) is 49.8 Å². The van der Waals surface area contributed by atoms with E-state index >= 15 is 0 Å². The summed E-state index contributed by atoms with van der Waals surface area (Å²) in [6.45, 7) is 7.68. The van der Waals surface area contributed by atoms with Gasteiger partial charge < -0.3 is 5.32 Å². The topological polar surface area (TPSA) is 29.9 Å². The molecular weight excluding hydrogens is 234 g/mol. The number of aromatic nitrogens is 2. The summed E-state index contributed by atoms with van der Waals surface area (Å²) in [6, 6.07) is 0.603. The molecule has 19 heavy (non-hydrogen) atoms. The van der Waals surface area contributed by atoms with E-state index in [0.717, 1.165) is 13.0 Å². The molecule has 0 radical (unpaired) electrons. The molecule has 0 bridgehead atoms. The molecule has 0 aliphatic carbocycles. The number of hydrogen-bond donors (Lipinski definition) is 1. The summed E-state index contributed by atoms with van der Waals surface area (Å²) < 4.78 is 1.92. The van der Waals surface area contributed by atoms with Gasteiger partial charge in [0.25, 0.3) is 0 Å². The molecule has 0 saturated heterocycles. The van der Waals surface area contributed by atoms with E-state index in [2.05, 4.69) is 37.4 Å². The molecule has 1 atom stereocenters. The molecule has 3 nitrogen and oxygen atoms in total. The van der Waals surface area contributed by atoms with Gasteiger partial charge in [0.05, 0.1) is 5.69 Å². The zero-order chi connectivity index (χ0) is 14.1. The van der Waals surface area contributed by atoms with Crippen molar-refractivity contribution in [3.05, 3.63) is 17.5 Å². The minimum absolute atomic E-state index is 0.603. The van der Waals surface area contributed by atoms with Gasteiger partial charge in [0.15, 0.2) is 0 Å². The molecule has 1 aromatic heterocycles. The van der Waals surface area contributed by atoms with Gasteiger partial charge in [-0.2, -0.15) is 5.10 Å². The second-order valence-corrected chi connectivity index (χ2v) is 5.61. The molecule has 1 rings (SSSR count). The van der Waals surface area contributed by atoms with Crippen LogP contribution in [-0.2, 0) is 20.0 Å². The standard InChI is InChI=1S/C16H31N3/c1-5-7-8-9-10-11-14(3)17-12-15-13-19(4)18-16(15)6-2/h13-14,17H,5-12H2,1-4H3. The summed E-state index contributed by atoms with van der Waals surface area (Å²) in [5.74, 6) is 0. The third-order valence-electron chi connectivity index (χ3n) is 3.71. The highest BCUT2D eigenvalue weighted by Gasteiger charge is 2.07. The Morgan fingerprint density at radius 3 is 2.63 bits per heavy atom. The molecule has 3 heteroatoms. The third kappa shape index (κ3) is 6.24. The Morgan fingerprint density at radius 1 is 1.21 bits per heavy atom. The largest absolute Gasteiger partial charge is 0.310 e. The second-order valence-electron chi connectivity index (χ2n) is 5.61. The number of aryl methyl sites for hydroxylation is 2. The molecule has 1 N–H and O–H groups in total. The quantitative estimate of drug-likeness (QED) is 0.652. The highest BCUT2D eigenvalue weighted by molar-refractivity contribution is 5.16. The van der Waals surface area contributed by atoms with Crippen molar-refractivity contribution in [3.8, 4) is 0 Å². The van der Waals surface area contributed by atoms with Crippen molar-refractivity contribution in [2.45, 2.75) is 78.3 Å². The van der Waals surface area contributed by atoms with E-state index in [0.29, 0.717) is 6.04 Å². The van der Waals surface area contributed by atoms with Crippen molar-refractivity contribution in [3.63, 3.8) is 0 Å². The first kappa shape index (κ1) is 16.2. The van der Waals surface area contributed by atoms with Crippen molar-refractivity contribution < 1.29 is 0 Å². The van der Waals surface area contributed by atoms with Crippen LogP contribution in [0.5, 0.6) is 0 Å². The summed E-state index contributed by atoms with van der Waals surface area (Å²) in [7, 11) is 2.00. The van der Waals surface area contributed by atoms with Crippen LogP contribution in [0.2, 0.25) is 0 Å².